The van der Waals surface area contributed by atoms with Gasteiger partial charge in [-0.15, -0.1) is 0 Å². The molecule has 3 nitrogen and oxygen atoms in total. The highest BCUT2D eigenvalue weighted by molar-refractivity contribution is 6.60. The van der Waals surface area contributed by atoms with Crippen molar-refractivity contribution in [1.82, 2.24) is 0 Å². The molecular formula is C18H17BFNO2. The standard InChI is InChI=1S/C18H17BFNO2/c1-21(18(19)22)16-8-4-14(5-9-16)2-3-15-6-10-17(11-7-15)23-13-12-20/h2-11H,12-13H2,1H3/b3-2+. The van der Waals surface area contributed by atoms with E-state index in [0.29, 0.717) is 5.75 Å². The molecule has 2 aromatic rings. The lowest BCUT2D eigenvalue weighted by Crippen LogP contribution is -2.24. The molecule has 0 aliphatic carbocycles. The van der Waals surface area contributed by atoms with E-state index in [1.807, 2.05) is 48.6 Å². The van der Waals surface area contributed by atoms with Crippen LogP contribution in [-0.4, -0.2) is 34.0 Å². The number of benzene rings is 2. The maximum Gasteiger partial charge on any atom is 0.201 e. The zero-order valence-corrected chi connectivity index (χ0v) is 12.9. The van der Waals surface area contributed by atoms with Crippen LogP contribution in [0.2, 0.25) is 0 Å². The van der Waals surface area contributed by atoms with Gasteiger partial charge in [-0.05, 0) is 35.4 Å². The molecule has 0 atom stereocenters. The van der Waals surface area contributed by atoms with E-state index in [1.54, 1.807) is 19.2 Å². The average molecular weight is 309 g/mol. The first kappa shape index (κ1) is 16.8. The van der Waals surface area contributed by atoms with Gasteiger partial charge in [0.1, 0.15) is 19.0 Å². The van der Waals surface area contributed by atoms with Crippen LogP contribution in [0.5, 0.6) is 5.75 Å². The molecule has 0 saturated carbocycles. The van der Waals surface area contributed by atoms with E-state index in [2.05, 4.69) is 0 Å². The number of anilines is 1. The molecule has 0 aromatic heterocycles. The molecule has 0 bridgehead atoms. The summed E-state index contributed by atoms with van der Waals surface area (Å²) in [5.74, 6) is 0.155. The second-order valence-corrected chi connectivity index (χ2v) is 4.93. The van der Waals surface area contributed by atoms with Crippen molar-refractivity contribution in [1.29, 1.82) is 0 Å². The van der Waals surface area contributed by atoms with Gasteiger partial charge >= 0.3 is 0 Å². The topological polar surface area (TPSA) is 29.5 Å². The summed E-state index contributed by atoms with van der Waals surface area (Å²) in [6, 6.07) is 14.9. The number of amides is 1. The fourth-order valence-electron chi connectivity index (χ4n) is 1.96. The smallest absolute Gasteiger partial charge is 0.201 e. The zero-order chi connectivity index (χ0) is 16.7. The van der Waals surface area contributed by atoms with Crippen LogP contribution in [0.1, 0.15) is 11.1 Å². The molecule has 2 aromatic carbocycles. The number of hydrogen-bond acceptors (Lipinski definition) is 2. The first-order valence-electron chi connectivity index (χ1n) is 7.20. The Morgan fingerprint density at radius 1 is 1.09 bits per heavy atom. The predicted molar refractivity (Wildman–Crippen MR) is 92.8 cm³/mol. The van der Waals surface area contributed by atoms with Crippen molar-refractivity contribution in [2.45, 2.75) is 0 Å². The Labute approximate surface area is 136 Å². The van der Waals surface area contributed by atoms with Crippen molar-refractivity contribution >= 4 is 31.5 Å². The number of rotatable bonds is 6. The van der Waals surface area contributed by atoms with Crippen LogP contribution in [0.15, 0.2) is 48.5 Å². The average Bonchev–Trinajstić information content (AvgIpc) is 2.58. The Hall–Kier alpha value is -2.56. The Balaban J connectivity index is 2.01. The zero-order valence-electron chi connectivity index (χ0n) is 12.9. The maximum absolute atomic E-state index is 12.0. The molecule has 0 saturated heterocycles. The molecule has 1 amide bonds. The molecule has 5 heteroatoms. The summed E-state index contributed by atoms with van der Waals surface area (Å²) in [6.45, 7) is -0.427. The Bertz CT molecular complexity index is 668. The molecule has 0 heterocycles. The van der Waals surface area contributed by atoms with Gasteiger partial charge in [-0.2, -0.15) is 0 Å². The molecule has 0 aliphatic heterocycles. The van der Waals surface area contributed by atoms with Gasteiger partial charge in [-0.25, -0.2) is 4.39 Å². The Kier molecular flexibility index (Phi) is 5.98. The molecule has 0 aliphatic rings. The van der Waals surface area contributed by atoms with Crippen molar-refractivity contribution in [2.75, 3.05) is 25.2 Å². The lowest BCUT2D eigenvalue weighted by atomic mass is 10.1. The number of nitrogens with zero attached hydrogens (tertiary/aromatic N) is 1. The number of halogens is 1. The molecule has 0 spiro atoms. The van der Waals surface area contributed by atoms with Gasteiger partial charge in [0.2, 0.25) is 7.85 Å². The summed E-state index contributed by atoms with van der Waals surface area (Å²) in [6.07, 6.45) is 3.93. The second-order valence-electron chi connectivity index (χ2n) is 4.93. The van der Waals surface area contributed by atoms with Crippen molar-refractivity contribution < 1.29 is 13.9 Å². The highest BCUT2D eigenvalue weighted by atomic mass is 19.1. The van der Waals surface area contributed by atoms with Gasteiger partial charge in [0, 0.05) is 12.7 Å². The summed E-state index contributed by atoms with van der Waals surface area (Å²) in [4.78, 5) is 12.5. The second kappa shape index (κ2) is 8.18. The summed E-state index contributed by atoms with van der Waals surface area (Å²) in [5, 5.41) is 0. The molecule has 0 fully saturated rings. The molecule has 23 heavy (non-hydrogen) atoms. The van der Waals surface area contributed by atoms with Crippen molar-refractivity contribution in [3.05, 3.63) is 59.7 Å². The third-order valence-electron chi connectivity index (χ3n) is 3.31. The Morgan fingerprint density at radius 3 is 2.09 bits per heavy atom. The molecule has 2 rings (SSSR count). The van der Waals surface area contributed by atoms with Crippen molar-refractivity contribution in [3.8, 4) is 5.75 Å². The van der Waals surface area contributed by atoms with Crippen LogP contribution < -0.4 is 9.64 Å². The third-order valence-corrected chi connectivity index (χ3v) is 3.31. The minimum atomic E-state index is -0.497. The number of alkyl halides is 1. The van der Waals surface area contributed by atoms with Gasteiger partial charge < -0.3 is 9.64 Å². The van der Waals surface area contributed by atoms with Gasteiger partial charge in [0.25, 0.3) is 0 Å². The number of hydrogen-bond donors (Lipinski definition) is 0. The molecule has 2 radical (unpaired) electrons. The molecule has 116 valence electrons. The minimum Gasteiger partial charge on any atom is -0.491 e. The van der Waals surface area contributed by atoms with E-state index in [9.17, 15) is 9.18 Å². The number of carbonyl (C=O) groups excluding carboxylic acids is 1. The molecule has 0 unspecified atom stereocenters. The molecule has 0 N–H and O–H groups in total. The quantitative estimate of drug-likeness (QED) is 0.598. The number of ether oxygens (including phenoxy) is 1. The Morgan fingerprint density at radius 2 is 1.61 bits per heavy atom. The van der Waals surface area contributed by atoms with Crippen LogP contribution in [-0.2, 0) is 0 Å². The maximum atomic E-state index is 12.0. The van der Waals surface area contributed by atoms with E-state index in [4.69, 9.17) is 12.6 Å². The third kappa shape index (κ3) is 4.99. The lowest BCUT2D eigenvalue weighted by Gasteiger charge is -2.15. The van der Waals surface area contributed by atoms with Gasteiger partial charge in [0.05, 0.1) is 0 Å². The monoisotopic (exact) mass is 309 g/mol. The first-order chi connectivity index (χ1) is 11.1. The van der Waals surface area contributed by atoms with Crippen LogP contribution in [0, 0.1) is 0 Å². The van der Waals surface area contributed by atoms with Crippen LogP contribution >= 0.6 is 0 Å². The van der Waals surface area contributed by atoms with Crippen LogP contribution in [0.3, 0.4) is 0 Å². The van der Waals surface area contributed by atoms with Gasteiger partial charge in [-0.3, -0.25) is 4.79 Å². The van der Waals surface area contributed by atoms with Crippen LogP contribution in [0.25, 0.3) is 12.2 Å². The minimum absolute atomic E-state index is 0.0707. The first-order valence-corrected chi connectivity index (χ1v) is 7.20. The highest BCUT2D eigenvalue weighted by Gasteiger charge is 2.03. The summed E-state index contributed by atoms with van der Waals surface area (Å²) in [5.41, 5.74) is 2.75. The van der Waals surface area contributed by atoms with E-state index in [0.717, 1.165) is 16.8 Å². The van der Waals surface area contributed by atoms with E-state index < -0.39 is 12.5 Å². The summed E-state index contributed by atoms with van der Waals surface area (Å²) >= 11 is 0. The normalized spacial score (nSPS) is 10.7. The highest BCUT2D eigenvalue weighted by Crippen LogP contribution is 2.17. The predicted octanol–water partition coefficient (Wildman–Crippen LogP) is 3.93. The summed E-state index contributed by atoms with van der Waals surface area (Å²) in [7, 11) is 6.85. The van der Waals surface area contributed by atoms with Crippen LogP contribution in [0.4, 0.5) is 14.9 Å². The van der Waals surface area contributed by atoms with E-state index in [1.165, 1.54) is 4.90 Å². The fourth-order valence-corrected chi connectivity index (χ4v) is 1.96. The SMILES string of the molecule is [B]C(=O)N(C)c1ccc(/C=C/c2ccc(OCCF)cc2)cc1. The largest absolute Gasteiger partial charge is 0.491 e. The number of carbonyl (C=O) groups is 1. The van der Waals surface area contributed by atoms with E-state index in [-0.39, 0.29) is 6.61 Å². The van der Waals surface area contributed by atoms with E-state index >= 15 is 0 Å². The fraction of sp³-hybridized carbons (Fsp3) is 0.167. The van der Waals surface area contributed by atoms with Gasteiger partial charge in [-0.1, -0.05) is 36.4 Å². The lowest BCUT2D eigenvalue weighted by molar-refractivity contribution is 0.265. The van der Waals surface area contributed by atoms with Crippen molar-refractivity contribution in [3.63, 3.8) is 0 Å². The van der Waals surface area contributed by atoms with Gasteiger partial charge in [0.15, 0.2) is 5.81 Å². The molecular weight excluding hydrogens is 292 g/mol. The summed E-state index contributed by atoms with van der Waals surface area (Å²) < 4.78 is 17.2. The van der Waals surface area contributed by atoms with Crippen molar-refractivity contribution in [2.24, 2.45) is 0 Å².